The molecule has 0 unspecified atom stereocenters. The summed E-state index contributed by atoms with van der Waals surface area (Å²) in [6.07, 6.45) is 0.996. The molecule has 0 spiro atoms. The molecular formula is C14H20BrIN4S2. The number of aryl methyl sites for hydroxylation is 2. The monoisotopic (exact) mass is 514 g/mol. The largest absolute Gasteiger partial charge is 0.356 e. The number of hydrogen-bond donors (Lipinski definition) is 2. The van der Waals surface area contributed by atoms with E-state index in [-0.39, 0.29) is 24.0 Å². The van der Waals surface area contributed by atoms with Gasteiger partial charge in [0.15, 0.2) is 5.96 Å². The van der Waals surface area contributed by atoms with Crippen LogP contribution in [0.4, 0.5) is 0 Å². The standard InChI is InChI=1S/C14H19BrN4S2.HI/c1-9-12(20-10(2)19-9)8-18-14(16-3)17-7-6-11-4-5-13(15)21-11;/h4-5H,6-8H2,1-3H3,(H2,16,17,18);1H. The Labute approximate surface area is 165 Å². The summed E-state index contributed by atoms with van der Waals surface area (Å²) >= 11 is 6.99. The summed E-state index contributed by atoms with van der Waals surface area (Å²) in [7, 11) is 1.79. The maximum atomic E-state index is 4.43. The molecule has 0 amide bonds. The second-order valence-electron chi connectivity index (χ2n) is 4.55. The van der Waals surface area contributed by atoms with Crippen molar-refractivity contribution in [3.8, 4) is 0 Å². The molecule has 0 radical (unpaired) electrons. The molecule has 0 fully saturated rings. The first-order valence-corrected chi connectivity index (χ1v) is 9.12. The summed E-state index contributed by atoms with van der Waals surface area (Å²) in [5.74, 6) is 0.830. The highest BCUT2D eigenvalue weighted by Gasteiger charge is 2.06. The van der Waals surface area contributed by atoms with E-state index in [4.69, 9.17) is 0 Å². The van der Waals surface area contributed by atoms with Gasteiger partial charge in [0.05, 0.1) is 21.0 Å². The van der Waals surface area contributed by atoms with Crippen molar-refractivity contribution in [2.24, 2.45) is 4.99 Å². The molecular weight excluding hydrogens is 495 g/mol. The lowest BCUT2D eigenvalue weighted by Crippen LogP contribution is -2.37. The fourth-order valence-electron chi connectivity index (χ4n) is 1.91. The van der Waals surface area contributed by atoms with E-state index in [9.17, 15) is 0 Å². The van der Waals surface area contributed by atoms with Gasteiger partial charge in [-0.15, -0.1) is 46.7 Å². The van der Waals surface area contributed by atoms with E-state index in [1.165, 1.54) is 13.5 Å². The van der Waals surface area contributed by atoms with Gasteiger partial charge in [0, 0.05) is 23.3 Å². The van der Waals surface area contributed by atoms with Gasteiger partial charge in [0.2, 0.25) is 0 Å². The van der Waals surface area contributed by atoms with E-state index in [1.54, 1.807) is 29.7 Å². The summed E-state index contributed by atoms with van der Waals surface area (Å²) in [5.41, 5.74) is 1.10. The second kappa shape index (κ2) is 9.84. The molecule has 8 heteroatoms. The molecule has 0 aliphatic carbocycles. The predicted molar refractivity (Wildman–Crippen MR) is 111 cm³/mol. The summed E-state index contributed by atoms with van der Waals surface area (Å²) in [6.45, 7) is 5.72. The van der Waals surface area contributed by atoms with Crippen molar-refractivity contribution in [2.45, 2.75) is 26.8 Å². The van der Waals surface area contributed by atoms with E-state index >= 15 is 0 Å². The Hall–Kier alpha value is -0.190. The average molecular weight is 515 g/mol. The van der Waals surface area contributed by atoms with Crippen LogP contribution in [0.5, 0.6) is 0 Å². The van der Waals surface area contributed by atoms with Crippen molar-refractivity contribution >= 4 is 68.5 Å². The van der Waals surface area contributed by atoms with Gasteiger partial charge in [0.1, 0.15) is 0 Å². The Morgan fingerprint density at radius 2 is 2.05 bits per heavy atom. The molecule has 0 aromatic carbocycles. The number of nitrogens with zero attached hydrogens (tertiary/aromatic N) is 2. The van der Waals surface area contributed by atoms with Crippen LogP contribution >= 0.6 is 62.6 Å². The first kappa shape index (κ1) is 19.9. The Bertz CT molecular complexity index is 624. The van der Waals surface area contributed by atoms with Crippen LogP contribution in [0, 0.1) is 13.8 Å². The molecule has 0 aliphatic rings. The van der Waals surface area contributed by atoms with E-state index in [0.717, 1.165) is 36.2 Å². The van der Waals surface area contributed by atoms with E-state index in [2.05, 4.69) is 48.7 Å². The smallest absolute Gasteiger partial charge is 0.191 e. The van der Waals surface area contributed by atoms with Gasteiger partial charge in [-0.05, 0) is 48.3 Å². The van der Waals surface area contributed by atoms with Gasteiger partial charge in [-0.1, -0.05) is 0 Å². The predicted octanol–water partition coefficient (Wildman–Crippen LogP) is 4.11. The van der Waals surface area contributed by atoms with Gasteiger partial charge in [-0.3, -0.25) is 4.99 Å². The molecule has 122 valence electrons. The van der Waals surface area contributed by atoms with Gasteiger partial charge < -0.3 is 10.6 Å². The number of thiazole rings is 1. The first-order valence-electron chi connectivity index (χ1n) is 6.70. The third-order valence-electron chi connectivity index (χ3n) is 2.93. The summed E-state index contributed by atoms with van der Waals surface area (Å²) in [6, 6.07) is 4.23. The second-order valence-corrected chi connectivity index (χ2v) is 8.39. The summed E-state index contributed by atoms with van der Waals surface area (Å²) in [5, 5.41) is 7.78. The molecule has 0 aliphatic heterocycles. The molecule has 4 nitrogen and oxygen atoms in total. The van der Waals surface area contributed by atoms with Crippen molar-refractivity contribution in [1.29, 1.82) is 0 Å². The number of hydrogen-bond acceptors (Lipinski definition) is 4. The van der Waals surface area contributed by atoms with Crippen LogP contribution in [0.1, 0.15) is 20.5 Å². The quantitative estimate of drug-likeness (QED) is 0.358. The number of halogens is 2. The zero-order chi connectivity index (χ0) is 15.2. The average Bonchev–Trinajstić information content (AvgIpc) is 2.99. The number of nitrogens with one attached hydrogen (secondary N) is 2. The third kappa shape index (κ3) is 6.13. The van der Waals surface area contributed by atoms with Gasteiger partial charge >= 0.3 is 0 Å². The Morgan fingerprint density at radius 1 is 1.27 bits per heavy atom. The summed E-state index contributed by atoms with van der Waals surface area (Å²) in [4.78, 5) is 11.3. The van der Waals surface area contributed by atoms with E-state index in [1.807, 2.05) is 13.8 Å². The minimum absolute atomic E-state index is 0. The molecule has 22 heavy (non-hydrogen) atoms. The van der Waals surface area contributed by atoms with Crippen LogP contribution in [0.2, 0.25) is 0 Å². The normalized spacial score (nSPS) is 11.2. The van der Waals surface area contributed by atoms with Crippen molar-refractivity contribution < 1.29 is 0 Å². The molecule has 0 saturated heterocycles. The number of rotatable bonds is 5. The number of aromatic nitrogens is 1. The summed E-state index contributed by atoms with van der Waals surface area (Å²) < 4.78 is 1.18. The maximum absolute atomic E-state index is 4.43. The van der Waals surface area contributed by atoms with Crippen LogP contribution < -0.4 is 10.6 Å². The van der Waals surface area contributed by atoms with E-state index in [0.29, 0.717) is 0 Å². The fourth-order valence-corrected chi connectivity index (χ4v) is 4.27. The number of thiophene rings is 1. The van der Waals surface area contributed by atoms with Gasteiger partial charge in [0.25, 0.3) is 0 Å². The Morgan fingerprint density at radius 3 is 2.59 bits per heavy atom. The van der Waals surface area contributed by atoms with Gasteiger partial charge in [-0.25, -0.2) is 4.98 Å². The first-order chi connectivity index (χ1) is 10.1. The van der Waals surface area contributed by atoms with Crippen LogP contribution in [-0.2, 0) is 13.0 Å². The maximum Gasteiger partial charge on any atom is 0.191 e. The highest BCUT2D eigenvalue weighted by Crippen LogP contribution is 2.22. The lowest BCUT2D eigenvalue weighted by atomic mass is 10.3. The molecule has 0 bridgehead atoms. The minimum Gasteiger partial charge on any atom is -0.356 e. The Kier molecular flexibility index (Phi) is 8.88. The molecule has 2 aromatic heterocycles. The fraction of sp³-hybridized carbons (Fsp3) is 0.429. The van der Waals surface area contributed by atoms with Crippen molar-refractivity contribution in [2.75, 3.05) is 13.6 Å². The van der Waals surface area contributed by atoms with Crippen molar-refractivity contribution in [3.63, 3.8) is 0 Å². The lowest BCUT2D eigenvalue weighted by Gasteiger charge is -2.10. The molecule has 2 heterocycles. The van der Waals surface area contributed by atoms with Crippen molar-refractivity contribution in [1.82, 2.24) is 15.6 Å². The number of aliphatic imine (C=N–C) groups is 1. The van der Waals surface area contributed by atoms with Crippen LogP contribution in [0.25, 0.3) is 0 Å². The zero-order valence-electron chi connectivity index (χ0n) is 12.8. The van der Waals surface area contributed by atoms with Crippen molar-refractivity contribution in [3.05, 3.63) is 36.4 Å². The zero-order valence-corrected chi connectivity index (χ0v) is 18.3. The SMILES string of the molecule is CN=C(NCCc1ccc(Br)s1)NCc1sc(C)nc1C.I. The molecule has 0 saturated carbocycles. The topological polar surface area (TPSA) is 49.3 Å². The van der Waals surface area contributed by atoms with Crippen LogP contribution in [0.3, 0.4) is 0 Å². The highest BCUT2D eigenvalue weighted by atomic mass is 127. The highest BCUT2D eigenvalue weighted by molar-refractivity contribution is 14.0. The molecule has 2 N–H and O–H groups in total. The Balaban J connectivity index is 0.00000242. The lowest BCUT2D eigenvalue weighted by molar-refractivity contribution is 0.801. The van der Waals surface area contributed by atoms with E-state index < -0.39 is 0 Å². The molecule has 0 atom stereocenters. The van der Waals surface area contributed by atoms with Crippen LogP contribution in [-0.4, -0.2) is 24.5 Å². The van der Waals surface area contributed by atoms with Crippen LogP contribution in [0.15, 0.2) is 20.9 Å². The molecule has 2 aromatic rings. The molecule has 2 rings (SSSR count). The minimum atomic E-state index is 0. The van der Waals surface area contributed by atoms with Gasteiger partial charge in [-0.2, -0.15) is 0 Å². The third-order valence-corrected chi connectivity index (χ3v) is 5.69. The number of guanidine groups is 1.